The average Bonchev–Trinajstić information content (AvgIpc) is 2.79. The predicted octanol–water partition coefficient (Wildman–Crippen LogP) is 0.180. The highest BCUT2D eigenvalue weighted by atomic mass is 16.4. The number of benzene rings is 1. The van der Waals surface area contributed by atoms with Crippen molar-refractivity contribution >= 4 is 23.7 Å². The minimum Gasteiger partial charge on any atom is -0.480 e. The summed E-state index contributed by atoms with van der Waals surface area (Å²) >= 11 is 0. The molecule has 7 N–H and O–H groups in total. The highest BCUT2D eigenvalue weighted by molar-refractivity contribution is 5.94. The van der Waals surface area contributed by atoms with E-state index in [0.29, 0.717) is 6.42 Å². The number of carboxylic acid groups (broad SMARTS) is 1. The highest BCUT2D eigenvalue weighted by Gasteiger charge is 2.32. The molecule has 10 heteroatoms. The average molecular weight is 479 g/mol. The molecule has 0 aromatic heterocycles. The van der Waals surface area contributed by atoms with Gasteiger partial charge in [0.15, 0.2) is 0 Å². The fourth-order valence-corrected chi connectivity index (χ4v) is 3.34. The molecule has 0 aliphatic heterocycles. The van der Waals surface area contributed by atoms with Crippen molar-refractivity contribution < 1.29 is 29.4 Å². The van der Waals surface area contributed by atoms with Crippen molar-refractivity contribution in [2.75, 3.05) is 6.61 Å². The molecule has 190 valence electrons. The first-order valence-corrected chi connectivity index (χ1v) is 11.5. The molecule has 0 heterocycles. The molecule has 1 aromatic rings. The number of carboxylic acids is 1. The molecule has 1 rings (SSSR count). The minimum absolute atomic E-state index is 0.0344. The van der Waals surface area contributed by atoms with Crippen LogP contribution in [0.2, 0.25) is 0 Å². The maximum atomic E-state index is 12.9. The predicted molar refractivity (Wildman–Crippen MR) is 128 cm³/mol. The van der Waals surface area contributed by atoms with Gasteiger partial charge in [-0.25, -0.2) is 4.79 Å². The third-order valence-corrected chi connectivity index (χ3v) is 5.57. The zero-order chi connectivity index (χ0) is 25.8. The van der Waals surface area contributed by atoms with E-state index < -0.39 is 54.5 Å². The van der Waals surface area contributed by atoms with Crippen molar-refractivity contribution in [3.8, 4) is 0 Å². The zero-order valence-corrected chi connectivity index (χ0v) is 20.3. The number of amides is 3. The second-order valence-corrected chi connectivity index (χ2v) is 8.94. The van der Waals surface area contributed by atoms with Gasteiger partial charge in [-0.1, -0.05) is 64.4 Å². The maximum Gasteiger partial charge on any atom is 0.326 e. The summed E-state index contributed by atoms with van der Waals surface area (Å²) in [5.41, 5.74) is 6.79. The van der Waals surface area contributed by atoms with Crippen LogP contribution in [0, 0.1) is 11.8 Å². The smallest absolute Gasteiger partial charge is 0.326 e. The van der Waals surface area contributed by atoms with Crippen molar-refractivity contribution in [2.24, 2.45) is 17.6 Å². The van der Waals surface area contributed by atoms with Gasteiger partial charge in [-0.3, -0.25) is 14.4 Å². The van der Waals surface area contributed by atoms with Crippen LogP contribution in [0.25, 0.3) is 0 Å². The molecule has 5 unspecified atom stereocenters. The fraction of sp³-hybridized carbons (Fsp3) is 0.583. The van der Waals surface area contributed by atoms with E-state index in [1.54, 1.807) is 6.92 Å². The Bertz CT molecular complexity index is 817. The summed E-state index contributed by atoms with van der Waals surface area (Å²) in [5.74, 6) is -3.48. The molecule has 34 heavy (non-hydrogen) atoms. The van der Waals surface area contributed by atoms with Crippen molar-refractivity contribution in [3.63, 3.8) is 0 Å². The monoisotopic (exact) mass is 478 g/mol. The first-order chi connectivity index (χ1) is 16.0. The van der Waals surface area contributed by atoms with Gasteiger partial charge in [0, 0.05) is 0 Å². The molecule has 0 aliphatic rings. The number of aliphatic hydroxyl groups excluding tert-OH is 1. The van der Waals surface area contributed by atoms with Gasteiger partial charge in [-0.2, -0.15) is 0 Å². The Morgan fingerprint density at radius 1 is 0.912 bits per heavy atom. The number of hydrogen-bond donors (Lipinski definition) is 6. The Labute approximate surface area is 200 Å². The Hall–Kier alpha value is -2.98. The molecular weight excluding hydrogens is 440 g/mol. The lowest BCUT2D eigenvalue weighted by Crippen LogP contribution is -2.59. The summed E-state index contributed by atoms with van der Waals surface area (Å²) in [4.78, 5) is 49.7. The van der Waals surface area contributed by atoms with Gasteiger partial charge in [-0.05, 0) is 30.2 Å². The number of nitrogens with one attached hydrogen (secondary N) is 3. The van der Waals surface area contributed by atoms with Crippen LogP contribution in [0.15, 0.2) is 30.3 Å². The number of nitrogens with two attached hydrogens (primary N) is 1. The molecule has 0 saturated carbocycles. The lowest BCUT2D eigenvalue weighted by atomic mass is 9.96. The van der Waals surface area contributed by atoms with Crippen LogP contribution in [0.3, 0.4) is 0 Å². The van der Waals surface area contributed by atoms with Gasteiger partial charge in [0.25, 0.3) is 0 Å². The molecular formula is C24H38N4O6. The van der Waals surface area contributed by atoms with Gasteiger partial charge in [0.2, 0.25) is 17.7 Å². The molecule has 10 nitrogen and oxygen atoms in total. The second kappa shape index (κ2) is 14.3. The summed E-state index contributed by atoms with van der Waals surface area (Å²) in [6.07, 6.45) is 1.01. The van der Waals surface area contributed by atoms with E-state index in [1.165, 1.54) is 0 Å². The molecule has 5 atom stereocenters. The molecule has 0 radical (unpaired) electrons. The van der Waals surface area contributed by atoms with Crippen LogP contribution in [-0.2, 0) is 25.6 Å². The maximum absolute atomic E-state index is 12.9. The van der Waals surface area contributed by atoms with Gasteiger partial charge in [0.1, 0.15) is 18.1 Å². The number of aliphatic hydroxyl groups is 1. The Morgan fingerprint density at radius 3 is 2.00 bits per heavy atom. The van der Waals surface area contributed by atoms with Crippen molar-refractivity contribution in [1.29, 1.82) is 0 Å². The molecule has 0 bridgehead atoms. The van der Waals surface area contributed by atoms with E-state index in [1.807, 2.05) is 51.1 Å². The normalized spacial score (nSPS) is 15.5. The quantitative estimate of drug-likeness (QED) is 0.221. The van der Waals surface area contributed by atoms with E-state index >= 15 is 0 Å². The molecule has 3 amide bonds. The first kappa shape index (κ1) is 29.1. The summed E-state index contributed by atoms with van der Waals surface area (Å²) in [6.45, 7) is 6.55. The van der Waals surface area contributed by atoms with Gasteiger partial charge in [-0.15, -0.1) is 0 Å². The number of carbonyl (C=O) groups is 4. The Kier molecular flexibility index (Phi) is 12.2. The van der Waals surface area contributed by atoms with E-state index in [2.05, 4.69) is 16.0 Å². The lowest BCUT2D eigenvalue weighted by molar-refractivity contribution is -0.143. The molecule has 0 aliphatic carbocycles. The number of hydrogen-bond acceptors (Lipinski definition) is 6. The first-order valence-electron chi connectivity index (χ1n) is 11.5. The molecule has 0 spiro atoms. The molecule has 0 saturated heterocycles. The van der Waals surface area contributed by atoms with Crippen molar-refractivity contribution in [3.05, 3.63) is 35.9 Å². The summed E-state index contributed by atoms with van der Waals surface area (Å²) in [6, 6.07) is 4.72. The van der Waals surface area contributed by atoms with Gasteiger partial charge >= 0.3 is 5.97 Å². The standard InChI is InChI=1S/C24H38N4O6/c1-5-15(4)20(23(32)26-18(24(33)34)11-14(2)3)28-22(31)19(13-29)27-21(30)17(25)12-16-9-7-6-8-10-16/h6-10,14-15,17-20,29H,5,11-13,25H2,1-4H3,(H,26,32)(H,27,30)(H,28,31)(H,33,34). The lowest BCUT2D eigenvalue weighted by Gasteiger charge is -2.28. The van der Waals surface area contributed by atoms with Gasteiger partial charge in [0.05, 0.1) is 12.6 Å². The topological polar surface area (TPSA) is 171 Å². The van der Waals surface area contributed by atoms with Gasteiger partial charge < -0.3 is 31.9 Å². The zero-order valence-electron chi connectivity index (χ0n) is 20.3. The SMILES string of the molecule is CCC(C)C(NC(=O)C(CO)NC(=O)C(N)Cc1ccccc1)C(=O)NC(CC(C)C)C(=O)O. The van der Waals surface area contributed by atoms with Crippen LogP contribution >= 0.6 is 0 Å². The summed E-state index contributed by atoms with van der Waals surface area (Å²) in [7, 11) is 0. The molecule has 0 fully saturated rings. The van der Waals surface area contributed by atoms with E-state index in [-0.39, 0.29) is 24.7 Å². The third kappa shape index (κ3) is 9.48. The van der Waals surface area contributed by atoms with Crippen molar-refractivity contribution in [2.45, 2.75) is 71.1 Å². The largest absolute Gasteiger partial charge is 0.480 e. The number of rotatable bonds is 14. The third-order valence-electron chi connectivity index (χ3n) is 5.57. The Balaban J connectivity index is 2.85. The highest BCUT2D eigenvalue weighted by Crippen LogP contribution is 2.11. The number of aliphatic carboxylic acids is 1. The van der Waals surface area contributed by atoms with Crippen LogP contribution in [0.4, 0.5) is 0 Å². The summed E-state index contributed by atoms with van der Waals surface area (Å²) in [5, 5.41) is 26.6. The van der Waals surface area contributed by atoms with Crippen molar-refractivity contribution in [1.82, 2.24) is 16.0 Å². The summed E-state index contributed by atoms with van der Waals surface area (Å²) < 4.78 is 0. The van der Waals surface area contributed by atoms with Crippen LogP contribution in [0.5, 0.6) is 0 Å². The van der Waals surface area contributed by atoms with E-state index in [0.717, 1.165) is 5.56 Å². The number of carbonyl (C=O) groups excluding carboxylic acids is 3. The van der Waals surface area contributed by atoms with E-state index in [9.17, 15) is 29.4 Å². The van der Waals surface area contributed by atoms with Crippen LogP contribution < -0.4 is 21.7 Å². The van der Waals surface area contributed by atoms with E-state index in [4.69, 9.17) is 5.73 Å². The fourth-order valence-electron chi connectivity index (χ4n) is 3.34. The minimum atomic E-state index is -1.32. The molecule has 1 aromatic carbocycles. The van der Waals surface area contributed by atoms with Crippen LogP contribution in [-0.4, -0.2) is 64.7 Å². The second-order valence-electron chi connectivity index (χ2n) is 8.94. The van der Waals surface area contributed by atoms with Crippen LogP contribution in [0.1, 0.15) is 46.1 Å². The Morgan fingerprint density at radius 2 is 1.50 bits per heavy atom.